The Morgan fingerprint density at radius 2 is 2.07 bits per heavy atom. The van der Waals surface area contributed by atoms with Crippen molar-refractivity contribution in [1.82, 2.24) is 19.3 Å². The predicted molar refractivity (Wildman–Crippen MR) is 103 cm³/mol. The van der Waals surface area contributed by atoms with Gasteiger partial charge in [0.25, 0.3) is 5.91 Å². The summed E-state index contributed by atoms with van der Waals surface area (Å²) in [5.74, 6) is 0.944. The lowest BCUT2D eigenvalue weighted by atomic mass is 9.97. The molecule has 0 spiro atoms. The Hall–Kier alpha value is -2.26. The first-order valence-electron chi connectivity index (χ1n) is 9.56. The smallest absolute Gasteiger partial charge is 0.253 e. The van der Waals surface area contributed by atoms with Crippen LogP contribution in [0.2, 0.25) is 0 Å². The van der Waals surface area contributed by atoms with Crippen LogP contribution in [-0.2, 0) is 10.0 Å². The molecule has 152 valence electrons. The molecule has 1 aromatic heterocycles. The fourth-order valence-corrected chi connectivity index (χ4v) is 5.03. The molecule has 0 N–H and O–H groups in total. The van der Waals surface area contributed by atoms with E-state index in [0.29, 0.717) is 43.5 Å². The first kappa shape index (κ1) is 20.5. The summed E-state index contributed by atoms with van der Waals surface area (Å²) in [5, 5.41) is 3.83. The quantitative estimate of drug-likeness (QED) is 0.731. The van der Waals surface area contributed by atoms with E-state index in [0.717, 1.165) is 12.8 Å². The zero-order chi connectivity index (χ0) is 20.3. The topological polar surface area (TPSA) is 96.6 Å². The number of aryl methyl sites for hydroxylation is 1. The number of benzene rings is 1. The molecule has 0 saturated carbocycles. The molecule has 0 radical (unpaired) electrons. The van der Waals surface area contributed by atoms with Gasteiger partial charge < -0.3 is 9.42 Å². The van der Waals surface area contributed by atoms with Gasteiger partial charge in [0, 0.05) is 31.7 Å². The van der Waals surface area contributed by atoms with Gasteiger partial charge >= 0.3 is 0 Å². The second-order valence-electron chi connectivity index (χ2n) is 6.89. The van der Waals surface area contributed by atoms with Crippen LogP contribution in [0.1, 0.15) is 54.7 Å². The lowest BCUT2D eigenvalue weighted by Crippen LogP contribution is -2.39. The summed E-state index contributed by atoms with van der Waals surface area (Å²) >= 11 is 0. The van der Waals surface area contributed by atoms with Crippen LogP contribution in [0.3, 0.4) is 0 Å². The number of likely N-dealkylation sites (tertiary alicyclic amines) is 1. The van der Waals surface area contributed by atoms with E-state index in [9.17, 15) is 13.2 Å². The molecule has 1 aliphatic heterocycles. The normalized spacial score (nSPS) is 17.9. The number of nitrogens with zero attached hydrogens (tertiary/aromatic N) is 4. The average Bonchev–Trinajstić information content (AvgIpc) is 3.15. The third-order valence-corrected chi connectivity index (χ3v) is 7.07. The van der Waals surface area contributed by atoms with Crippen molar-refractivity contribution >= 4 is 15.9 Å². The molecule has 1 atom stereocenters. The Morgan fingerprint density at radius 1 is 1.32 bits per heavy atom. The number of aromatic nitrogens is 2. The summed E-state index contributed by atoms with van der Waals surface area (Å²) in [5.41, 5.74) is 0.371. The fourth-order valence-electron chi connectivity index (χ4n) is 3.53. The van der Waals surface area contributed by atoms with Crippen molar-refractivity contribution in [2.24, 2.45) is 0 Å². The van der Waals surface area contributed by atoms with Gasteiger partial charge in [-0.3, -0.25) is 4.79 Å². The first-order valence-corrected chi connectivity index (χ1v) is 11.0. The molecule has 1 amide bonds. The highest BCUT2D eigenvalue weighted by Crippen LogP contribution is 2.27. The SMILES string of the molecule is CCN(CC)S(=O)(=O)c1cccc(C(=O)N2CCCC(c3nc(C)no3)C2)c1. The Bertz CT molecular complexity index is 937. The van der Waals surface area contributed by atoms with Gasteiger partial charge in [-0.1, -0.05) is 25.1 Å². The Labute approximate surface area is 165 Å². The highest BCUT2D eigenvalue weighted by Gasteiger charge is 2.30. The van der Waals surface area contributed by atoms with Crippen molar-refractivity contribution < 1.29 is 17.7 Å². The molecule has 3 rings (SSSR count). The molecular weight excluding hydrogens is 380 g/mol. The van der Waals surface area contributed by atoms with E-state index in [1.54, 1.807) is 37.8 Å². The molecule has 1 aromatic carbocycles. The zero-order valence-electron chi connectivity index (χ0n) is 16.5. The van der Waals surface area contributed by atoms with E-state index >= 15 is 0 Å². The second-order valence-corrected chi connectivity index (χ2v) is 8.83. The highest BCUT2D eigenvalue weighted by atomic mass is 32.2. The van der Waals surface area contributed by atoms with Crippen molar-refractivity contribution in [2.75, 3.05) is 26.2 Å². The molecule has 9 heteroatoms. The van der Waals surface area contributed by atoms with E-state index in [4.69, 9.17) is 4.52 Å². The largest absolute Gasteiger partial charge is 0.339 e. The molecule has 0 aliphatic carbocycles. The lowest BCUT2D eigenvalue weighted by molar-refractivity contribution is 0.0695. The van der Waals surface area contributed by atoms with Crippen LogP contribution in [0.25, 0.3) is 0 Å². The number of carbonyl (C=O) groups excluding carboxylic acids is 1. The molecule has 1 unspecified atom stereocenters. The lowest BCUT2D eigenvalue weighted by Gasteiger charge is -2.31. The molecule has 28 heavy (non-hydrogen) atoms. The minimum atomic E-state index is -3.61. The number of rotatable bonds is 6. The molecular formula is C19H26N4O4S. The van der Waals surface area contributed by atoms with Crippen molar-refractivity contribution in [3.63, 3.8) is 0 Å². The van der Waals surface area contributed by atoms with Gasteiger partial charge in [0.1, 0.15) is 0 Å². The number of hydrogen-bond donors (Lipinski definition) is 0. The summed E-state index contributed by atoms with van der Waals surface area (Å²) in [4.78, 5) is 19.2. The third-order valence-electron chi connectivity index (χ3n) is 5.03. The van der Waals surface area contributed by atoms with Crippen LogP contribution in [0.5, 0.6) is 0 Å². The zero-order valence-corrected chi connectivity index (χ0v) is 17.3. The van der Waals surface area contributed by atoms with Crippen LogP contribution < -0.4 is 0 Å². The minimum Gasteiger partial charge on any atom is -0.339 e. The van der Waals surface area contributed by atoms with Crippen LogP contribution in [0.15, 0.2) is 33.7 Å². The molecule has 1 fully saturated rings. The van der Waals surface area contributed by atoms with Gasteiger partial charge in [-0.15, -0.1) is 0 Å². The summed E-state index contributed by atoms with van der Waals surface area (Å²) in [6.45, 7) is 7.22. The first-order chi connectivity index (χ1) is 13.4. The Morgan fingerprint density at radius 3 is 2.71 bits per heavy atom. The molecule has 2 heterocycles. The van der Waals surface area contributed by atoms with E-state index in [-0.39, 0.29) is 16.7 Å². The maximum atomic E-state index is 13.0. The van der Waals surface area contributed by atoms with Gasteiger partial charge in [-0.25, -0.2) is 8.42 Å². The molecule has 2 aromatic rings. The van der Waals surface area contributed by atoms with Crippen LogP contribution in [0, 0.1) is 6.92 Å². The highest BCUT2D eigenvalue weighted by molar-refractivity contribution is 7.89. The number of piperidine rings is 1. The van der Waals surface area contributed by atoms with Crippen molar-refractivity contribution in [3.8, 4) is 0 Å². The van der Waals surface area contributed by atoms with Crippen molar-refractivity contribution in [2.45, 2.75) is 44.4 Å². The summed E-state index contributed by atoms with van der Waals surface area (Å²) in [6, 6.07) is 6.28. The molecule has 1 saturated heterocycles. The number of carbonyl (C=O) groups is 1. The molecule has 1 aliphatic rings. The standard InChI is InChI=1S/C19H26N4O4S/c1-4-23(5-2)28(25,26)17-10-6-8-15(12-17)19(24)22-11-7-9-16(13-22)18-20-14(3)21-27-18/h6,8,10,12,16H,4-5,7,9,11,13H2,1-3H3. The summed E-state index contributed by atoms with van der Waals surface area (Å²) in [7, 11) is -3.61. The van der Waals surface area contributed by atoms with E-state index in [1.807, 2.05) is 0 Å². The van der Waals surface area contributed by atoms with Crippen molar-refractivity contribution in [1.29, 1.82) is 0 Å². The summed E-state index contributed by atoms with van der Waals surface area (Å²) in [6.07, 6.45) is 1.71. The fraction of sp³-hybridized carbons (Fsp3) is 0.526. The number of sulfonamides is 1. The monoisotopic (exact) mass is 406 g/mol. The Balaban J connectivity index is 1.81. The maximum absolute atomic E-state index is 13.0. The summed E-state index contributed by atoms with van der Waals surface area (Å²) < 4.78 is 32.2. The van der Waals surface area contributed by atoms with Gasteiger partial charge in [-0.2, -0.15) is 9.29 Å². The molecule has 8 nitrogen and oxygen atoms in total. The third kappa shape index (κ3) is 4.10. The predicted octanol–water partition coefficient (Wildman–Crippen LogP) is 2.43. The number of hydrogen-bond acceptors (Lipinski definition) is 6. The van der Waals surface area contributed by atoms with Gasteiger partial charge in [0.05, 0.1) is 10.8 Å². The second kappa shape index (κ2) is 8.40. The van der Waals surface area contributed by atoms with E-state index in [1.165, 1.54) is 16.4 Å². The minimum absolute atomic E-state index is 0.00138. The Kier molecular flexibility index (Phi) is 6.14. The van der Waals surface area contributed by atoms with Gasteiger partial charge in [-0.05, 0) is 38.0 Å². The van der Waals surface area contributed by atoms with E-state index < -0.39 is 10.0 Å². The average molecular weight is 407 g/mol. The van der Waals surface area contributed by atoms with Gasteiger partial charge in [0.2, 0.25) is 15.9 Å². The number of amides is 1. The van der Waals surface area contributed by atoms with Crippen LogP contribution >= 0.6 is 0 Å². The molecule has 0 bridgehead atoms. The van der Waals surface area contributed by atoms with Crippen LogP contribution in [0.4, 0.5) is 0 Å². The van der Waals surface area contributed by atoms with Crippen LogP contribution in [-0.4, -0.2) is 59.8 Å². The maximum Gasteiger partial charge on any atom is 0.253 e. The van der Waals surface area contributed by atoms with E-state index in [2.05, 4.69) is 10.1 Å². The van der Waals surface area contributed by atoms with Crippen molar-refractivity contribution in [3.05, 3.63) is 41.5 Å². The van der Waals surface area contributed by atoms with Gasteiger partial charge in [0.15, 0.2) is 5.82 Å².